The van der Waals surface area contributed by atoms with Crippen LogP contribution >= 0.6 is 0 Å². The van der Waals surface area contributed by atoms with Crippen LogP contribution in [0.4, 0.5) is 5.69 Å². The summed E-state index contributed by atoms with van der Waals surface area (Å²) in [5.41, 5.74) is 3.99. The van der Waals surface area contributed by atoms with Crippen molar-refractivity contribution in [1.82, 2.24) is 0 Å². The van der Waals surface area contributed by atoms with Gasteiger partial charge in [-0.05, 0) is 45.2 Å². The predicted molar refractivity (Wildman–Crippen MR) is 76.7 cm³/mol. The largest absolute Gasteiger partial charge is 0.338 e. The van der Waals surface area contributed by atoms with Gasteiger partial charge in [-0.3, -0.25) is 4.79 Å². The van der Waals surface area contributed by atoms with Gasteiger partial charge in [-0.2, -0.15) is 0 Å². The number of hydrogen-bond donors (Lipinski definition) is 0. The molecule has 2 aliphatic heterocycles. The lowest BCUT2D eigenvalue weighted by Crippen LogP contribution is -2.49. The number of hydrogen-bond acceptors (Lipinski definition) is 3. The van der Waals surface area contributed by atoms with Crippen molar-refractivity contribution in [3.05, 3.63) is 28.8 Å². The molecule has 0 saturated carbocycles. The van der Waals surface area contributed by atoms with Crippen molar-refractivity contribution >= 4 is 11.6 Å². The van der Waals surface area contributed by atoms with Gasteiger partial charge in [0.2, 0.25) is 0 Å². The van der Waals surface area contributed by atoms with E-state index in [1.54, 1.807) is 0 Å². The second kappa shape index (κ2) is 4.57. The predicted octanol–water partition coefficient (Wildman–Crippen LogP) is 2.65. The van der Waals surface area contributed by atoms with E-state index < -0.39 is 5.79 Å². The molecule has 0 radical (unpaired) electrons. The van der Waals surface area contributed by atoms with E-state index in [1.807, 2.05) is 38.7 Å². The first-order valence-corrected chi connectivity index (χ1v) is 7.21. The molecule has 20 heavy (non-hydrogen) atoms. The van der Waals surface area contributed by atoms with E-state index in [9.17, 15) is 4.79 Å². The number of anilines is 1. The zero-order valence-corrected chi connectivity index (χ0v) is 12.5. The summed E-state index contributed by atoms with van der Waals surface area (Å²) in [5.74, 6) is -1.30. The molecule has 0 N–H and O–H groups in total. The lowest BCUT2D eigenvalue weighted by Gasteiger charge is -2.33. The fourth-order valence-corrected chi connectivity index (χ4v) is 3.18. The van der Waals surface area contributed by atoms with Crippen molar-refractivity contribution < 1.29 is 14.3 Å². The Morgan fingerprint density at radius 3 is 2.35 bits per heavy atom. The van der Waals surface area contributed by atoms with E-state index in [-0.39, 0.29) is 11.9 Å². The first-order valence-electron chi connectivity index (χ1n) is 7.21. The Bertz CT molecular complexity index is 559. The maximum absolute atomic E-state index is 13.0. The molecule has 1 spiro atoms. The molecule has 0 aliphatic carbocycles. The Hall–Kier alpha value is -1.39. The molecule has 1 aromatic rings. The number of rotatable bonds is 1. The molecular weight excluding hydrogens is 254 g/mol. The van der Waals surface area contributed by atoms with E-state index in [1.165, 1.54) is 0 Å². The monoisotopic (exact) mass is 275 g/mol. The fraction of sp³-hybridized carbons (Fsp3) is 0.562. The molecule has 108 valence electrons. The number of aryl methyl sites for hydroxylation is 2. The summed E-state index contributed by atoms with van der Waals surface area (Å²) in [4.78, 5) is 14.8. The second-order valence-corrected chi connectivity index (χ2v) is 5.86. The van der Waals surface area contributed by atoms with Crippen LogP contribution in [0.5, 0.6) is 0 Å². The Labute approximate surface area is 119 Å². The molecule has 1 amide bonds. The SMILES string of the molecule is Cc1ccc(C)c2c1N(C(C)C)C(=O)C21OCCCO1. The highest BCUT2D eigenvalue weighted by atomic mass is 16.7. The minimum Gasteiger partial charge on any atom is -0.338 e. The third-order valence-electron chi connectivity index (χ3n) is 4.07. The van der Waals surface area contributed by atoms with Crippen LogP contribution in [0.2, 0.25) is 0 Å². The summed E-state index contributed by atoms with van der Waals surface area (Å²) >= 11 is 0. The normalized spacial score (nSPS) is 20.9. The summed E-state index contributed by atoms with van der Waals surface area (Å²) in [6.07, 6.45) is 0.830. The van der Waals surface area contributed by atoms with Gasteiger partial charge in [0.25, 0.3) is 11.7 Å². The Morgan fingerprint density at radius 1 is 1.15 bits per heavy atom. The highest BCUT2D eigenvalue weighted by Crippen LogP contribution is 2.48. The third kappa shape index (κ3) is 1.64. The van der Waals surface area contributed by atoms with Crippen molar-refractivity contribution in [1.29, 1.82) is 0 Å². The van der Waals surface area contributed by atoms with Gasteiger partial charge < -0.3 is 14.4 Å². The minimum atomic E-state index is -1.21. The number of amides is 1. The third-order valence-corrected chi connectivity index (χ3v) is 4.07. The summed E-state index contributed by atoms with van der Waals surface area (Å²) in [7, 11) is 0. The molecule has 0 atom stereocenters. The number of carbonyl (C=O) groups is 1. The van der Waals surface area contributed by atoms with Gasteiger partial charge in [0.1, 0.15) is 0 Å². The van der Waals surface area contributed by atoms with Crippen molar-refractivity contribution in [3.8, 4) is 0 Å². The lowest BCUT2D eigenvalue weighted by atomic mass is 9.97. The summed E-state index contributed by atoms with van der Waals surface area (Å²) in [6.45, 7) is 9.20. The van der Waals surface area contributed by atoms with Gasteiger partial charge in [-0.15, -0.1) is 0 Å². The Kier molecular flexibility index (Phi) is 3.10. The van der Waals surface area contributed by atoms with Gasteiger partial charge in [-0.1, -0.05) is 12.1 Å². The smallest absolute Gasteiger partial charge is 0.292 e. The Morgan fingerprint density at radius 2 is 1.75 bits per heavy atom. The van der Waals surface area contributed by atoms with Gasteiger partial charge in [0.15, 0.2) is 0 Å². The van der Waals surface area contributed by atoms with Gasteiger partial charge in [0.05, 0.1) is 18.9 Å². The highest BCUT2D eigenvalue weighted by molar-refractivity contribution is 6.07. The number of benzene rings is 1. The molecule has 0 aromatic heterocycles. The Balaban J connectivity index is 2.27. The zero-order valence-electron chi connectivity index (χ0n) is 12.5. The number of fused-ring (bicyclic) bond motifs is 2. The molecule has 2 heterocycles. The van der Waals surface area contributed by atoms with E-state index >= 15 is 0 Å². The van der Waals surface area contributed by atoms with Gasteiger partial charge in [-0.25, -0.2) is 0 Å². The highest BCUT2D eigenvalue weighted by Gasteiger charge is 2.56. The molecule has 0 unspecified atom stereocenters. The molecule has 1 saturated heterocycles. The summed E-state index contributed by atoms with van der Waals surface area (Å²) in [5, 5.41) is 0. The van der Waals surface area contributed by atoms with Crippen molar-refractivity contribution in [2.24, 2.45) is 0 Å². The molecule has 2 aliphatic rings. The van der Waals surface area contributed by atoms with Crippen LogP contribution < -0.4 is 4.90 Å². The lowest BCUT2D eigenvalue weighted by molar-refractivity contribution is -0.257. The maximum atomic E-state index is 13.0. The summed E-state index contributed by atoms with van der Waals surface area (Å²) in [6, 6.07) is 4.17. The molecular formula is C16H21NO3. The van der Waals surface area contributed by atoms with Crippen LogP contribution in [-0.4, -0.2) is 25.2 Å². The standard InChI is InChI=1S/C16H21NO3/c1-10(2)17-14-12(4)7-6-11(3)13(14)16(15(17)18)19-8-5-9-20-16/h6-7,10H,5,8-9H2,1-4H3. The van der Waals surface area contributed by atoms with Crippen molar-refractivity contribution in [2.45, 2.75) is 45.9 Å². The van der Waals surface area contributed by atoms with Crippen LogP contribution in [-0.2, 0) is 20.1 Å². The molecule has 1 aromatic carbocycles. The van der Waals surface area contributed by atoms with E-state index in [0.717, 1.165) is 28.8 Å². The average Bonchev–Trinajstić information content (AvgIpc) is 2.67. The van der Waals surface area contributed by atoms with Crippen LogP contribution in [0.3, 0.4) is 0 Å². The van der Waals surface area contributed by atoms with Crippen molar-refractivity contribution in [3.63, 3.8) is 0 Å². The second-order valence-electron chi connectivity index (χ2n) is 5.86. The topological polar surface area (TPSA) is 38.8 Å². The molecule has 1 fully saturated rings. The van der Waals surface area contributed by atoms with Gasteiger partial charge >= 0.3 is 0 Å². The average molecular weight is 275 g/mol. The van der Waals surface area contributed by atoms with Crippen molar-refractivity contribution in [2.75, 3.05) is 18.1 Å². The molecule has 0 bridgehead atoms. The minimum absolute atomic E-state index is 0.0789. The van der Waals surface area contributed by atoms with Crippen LogP contribution in [0.1, 0.15) is 37.0 Å². The molecule has 4 nitrogen and oxygen atoms in total. The first kappa shape index (κ1) is 13.6. The number of carbonyl (C=O) groups excluding carboxylic acids is 1. The van der Waals surface area contributed by atoms with Crippen LogP contribution in [0, 0.1) is 13.8 Å². The van der Waals surface area contributed by atoms with E-state index in [0.29, 0.717) is 13.2 Å². The van der Waals surface area contributed by atoms with Gasteiger partial charge in [0, 0.05) is 11.6 Å². The number of nitrogens with zero attached hydrogens (tertiary/aromatic N) is 1. The maximum Gasteiger partial charge on any atom is 0.292 e. The quantitative estimate of drug-likeness (QED) is 0.791. The van der Waals surface area contributed by atoms with E-state index in [2.05, 4.69) is 6.07 Å². The summed E-state index contributed by atoms with van der Waals surface area (Å²) < 4.78 is 11.7. The van der Waals surface area contributed by atoms with Crippen LogP contribution in [0.25, 0.3) is 0 Å². The fourth-order valence-electron chi connectivity index (χ4n) is 3.18. The number of ether oxygens (including phenoxy) is 2. The molecule has 4 heteroatoms. The molecule has 3 rings (SSSR count). The zero-order chi connectivity index (χ0) is 14.5. The first-order chi connectivity index (χ1) is 9.49. The van der Waals surface area contributed by atoms with E-state index in [4.69, 9.17) is 9.47 Å². The van der Waals surface area contributed by atoms with Crippen LogP contribution in [0.15, 0.2) is 12.1 Å².